The summed E-state index contributed by atoms with van der Waals surface area (Å²) in [5, 5.41) is 3.06. The van der Waals surface area contributed by atoms with Crippen molar-refractivity contribution in [2.75, 3.05) is 13.2 Å². The van der Waals surface area contributed by atoms with Crippen LogP contribution in [-0.4, -0.2) is 25.1 Å². The number of amides is 1. The van der Waals surface area contributed by atoms with E-state index in [4.69, 9.17) is 9.47 Å². The third-order valence-corrected chi connectivity index (χ3v) is 4.56. The molecule has 138 valence electrons. The molecule has 0 unspecified atom stereocenters. The van der Waals surface area contributed by atoms with Crippen LogP contribution >= 0.6 is 0 Å². The van der Waals surface area contributed by atoms with Crippen molar-refractivity contribution in [3.05, 3.63) is 29.8 Å². The van der Waals surface area contributed by atoms with Gasteiger partial charge in [0.2, 0.25) is 5.91 Å². The summed E-state index contributed by atoms with van der Waals surface area (Å²) in [4.78, 5) is 24.6. The standard InChI is InChI=1S/C20H29NO4/c1-3-24-17-12-10-15(11-13-17)18(14-19(22)25-4-2)21-20(23)16-8-6-5-7-9-16/h10-13,16,18H,3-9,14H2,1-2H3,(H,21,23)/t18-/m1/s1. The lowest BCUT2D eigenvalue weighted by molar-refractivity contribution is -0.144. The Labute approximate surface area is 150 Å². The highest BCUT2D eigenvalue weighted by Crippen LogP contribution is 2.26. The van der Waals surface area contributed by atoms with Gasteiger partial charge >= 0.3 is 5.97 Å². The van der Waals surface area contributed by atoms with Crippen LogP contribution in [0.25, 0.3) is 0 Å². The zero-order valence-electron chi connectivity index (χ0n) is 15.3. The first kappa shape index (κ1) is 19.3. The molecule has 1 aromatic rings. The van der Waals surface area contributed by atoms with Gasteiger partial charge in [-0.1, -0.05) is 31.4 Å². The number of hydrogen-bond acceptors (Lipinski definition) is 4. The number of benzene rings is 1. The maximum Gasteiger partial charge on any atom is 0.308 e. The highest BCUT2D eigenvalue weighted by Gasteiger charge is 2.25. The first-order valence-electron chi connectivity index (χ1n) is 9.32. The fraction of sp³-hybridized carbons (Fsp3) is 0.600. The zero-order valence-corrected chi connectivity index (χ0v) is 15.3. The molecule has 1 aliphatic rings. The number of rotatable bonds is 8. The average Bonchev–Trinajstić information content (AvgIpc) is 2.63. The summed E-state index contributed by atoms with van der Waals surface area (Å²) in [6.07, 6.45) is 5.41. The molecule has 0 spiro atoms. The number of carbonyl (C=O) groups is 2. The lowest BCUT2D eigenvalue weighted by Gasteiger charge is -2.25. The van der Waals surface area contributed by atoms with Gasteiger partial charge in [-0.15, -0.1) is 0 Å². The molecule has 2 rings (SSSR count). The molecule has 1 saturated carbocycles. The minimum absolute atomic E-state index is 0.0443. The number of hydrogen-bond donors (Lipinski definition) is 1. The molecule has 1 aliphatic carbocycles. The second-order valence-corrected chi connectivity index (χ2v) is 6.41. The number of esters is 1. The van der Waals surface area contributed by atoms with E-state index in [1.54, 1.807) is 6.92 Å². The predicted molar refractivity (Wildman–Crippen MR) is 96.3 cm³/mol. The van der Waals surface area contributed by atoms with E-state index < -0.39 is 0 Å². The van der Waals surface area contributed by atoms with Crippen LogP contribution in [0.5, 0.6) is 5.75 Å². The first-order chi connectivity index (χ1) is 12.1. The van der Waals surface area contributed by atoms with Gasteiger partial charge < -0.3 is 14.8 Å². The van der Waals surface area contributed by atoms with Gasteiger partial charge in [-0.2, -0.15) is 0 Å². The largest absolute Gasteiger partial charge is 0.494 e. The molecule has 1 N–H and O–H groups in total. The Bertz CT molecular complexity index is 549. The van der Waals surface area contributed by atoms with Crippen molar-refractivity contribution in [2.24, 2.45) is 5.92 Å². The fourth-order valence-corrected chi connectivity index (χ4v) is 3.26. The summed E-state index contributed by atoms with van der Waals surface area (Å²) in [6, 6.07) is 7.16. The van der Waals surface area contributed by atoms with E-state index in [1.807, 2.05) is 31.2 Å². The second-order valence-electron chi connectivity index (χ2n) is 6.41. The van der Waals surface area contributed by atoms with Crippen molar-refractivity contribution in [3.63, 3.8) is 0 Å². The van der Waals surface area contributed by atoms with Gasteiger partial charge in [0.05, 0.1) is 25.7 Å². The predicted octanol–water partition coefficient (Wildman–Crippen LogP) is 3.78. The molecule has 1 atom stereocenters. The summed E-state index contributed by atoms with van der Waals surface area (Å²) in [7, 11) is 0. The molecule has 0 bridgehead atoms. The fourth-order valence-electron chi connectivity index (χ4n) is 3.26. The van der Waals surface area contributed by atoms with Crippen LogP contribution in [0.2, 0.25) is 0 Å². The van der Waals surface area contributed by atoms with E-state index in [2.05, 4.69) is 5.32 Å². The van der Waals surface area contributed by atoms with Gasteiger partial charge in [0.1, 0.15) is 5.75 Å². The van der Waals surface area contributed by atoms with E-state index in [9.17, 15) is 9.59 Å². The second kappa shape index (κ2) is 10.1. The van der Waals surface area contributed by atoms with E-state index in [0.29, 0.717) is 13.2 Å². The van der Waals surface area contributed by atoms with E-state index in [1.165, 1.54) is 6.42 Å². The highest BCUT2D eigenvalue weighted by atomic mass is 16.5. The van der Waals surface area contributed by atoms with Crippen LogP contribution in [0.15, 0.2) is 24.3 Å². The molecule has 0 saturated heterocycles. The van der Waals surface area contributed by atoms with Crippen molar-refractivity contribution < 1.29 is 19.1 Å². The van der Waals surface area contributed by atoms with Gasteiger partial charge in [-0.25, -0.2) is 0 Å². The Hall–Kier alpha value is -2.04. The molecule has 1 fully saturated rings. The van der Waals surface area contributed by atoms with E-state index in [0.717, 1.165) is 37.0 Å². The number of nitrogens with one attached hydrogen (secondary N) is 1. The maximum absolute atomic E-state index is 12.6. The zero-order chi connectivity index (χ0) is 18.1. The highest BCUT2D eigenvalue weighted by molar-refractivity contribution is 5.80. The lowest BCUT2D eigenvalue weighted by Crippen LogP contribution is -2.36. The molecule has 1 amide bonds. The van der Waals surface area contributed by atoms with Crippen LogP contribution in [0.4, 0.5) is 0 Å². The molecule has 5 heteroatoms. The molecule has 0 aromatic heterocycles. The van der Waals surface area contributed by atoms with E-state index in [-0.39, 0.29) is 30.3 Å². The number of carbonyl (C=O) groups excluding carboxylic acids is 2. The topological polar surface area (TPSA) is 64.6 Å². The quantitative estimate of drug-likeness (QED) is 0.727. The van der Waals surface area contributed by atoms with Crippen molar-refractivity contribution in [1.82, 2.24) is 5.32 Å². The SMILES string of the molecule is CCOC(=O)C[C@@H](NC(=O)C1CCCCC1)c1ccc(OCC)cc1. The molecule has 0 aliphatic heterocycles. The van der Waals surface area contributed by atoms with Crippen molar-refractivity contribution in [2.45, 2.75) is 58.4 Å². The van der Waals surface area contributed by atoms with Crippen LogP contribution in [0.1, 0.15) is 64.0 Å². The average molecular weight is 347 g/mol. The molecule has 0 heterocycles. The summed E-state index contributed by atoms with van der Waals surface area (Å²) >= 11 is 0. The Kier molecular flexibility index (Phi) is 7.76. The molecular weight excluding hydrogens is 318 g/mol. The van der Waals surface area contributed by atoms with Crippen LogP contribution in [-0.2, 0) is 14.3 Å². The minimum Gasteiger partial charge on any atom is -0.494 e. The van der Waals surface area contributed by atoms with Crippen LogP contribution in [0, 0.1) is 5.92 Å². The van der Waals surface area contributed by atoms with Gasteiger partial charge in [0.25, 0.3) is 0 Å². The summed E-state index contributed by atoms with van der Waals surface area (Å²) in [5.74, 6) is 0.578. The van der Waals surface area contributed by atoms with Crippen LogP contribution < -0.4 is 10.1 Å². The van der Waals surface area contributed by atoms with Crippen LogP contribution in [0.3, 0.4) is 0 Å². The third kappa shape index (κ3) is 6.07. The van der Waals surface area contributed by atoms with Crippen molar-refractivity contribution >= 4 is 11.9 Å². The first-order valence-corrected chi connectivity index (χ1v) is 9.32. The Morgan fingerprint density at radius 1 is 1.08 bits per heavy atom. The van der Waals surface area contributed by atoms with E-state index >= 15 is 0 Å². The minimum atomic E-state index is -0.371. The number of ether oxygens (including phenoxy) is 2. The van der Waals surface area contributed by atoms with Gasteiger partial charge in [0.15, 0.2) is 0 Å². The molecule has 1 aromatic carbocycles. The molecular formula is C20H29NO4. The summed E-state index contributed by atoms with van der Waals surface area (Å²) in [5.41, 5.74) is 0.890. The maximum atomic E-state index is 12.6. The molecule has 0 radical (unpaired) electrons. The van der Waals surface area contributed by atoms with Gasteiger partial charge in [-0.3, -0.25) is 9.59 Å². The molecule has 5 nitrogen and oxygen atoms in total. The Balaban J connectivity index is 2.08. The Morgan fingerprint density at radius 2 is 1.76 bits per heavy atom. The summed E-state index contributed by atoms with van der Waals surface area (Å²) in [6.45, 7) is 4.65. The molecule has 25 heavy (non-hydrogen) atoms. The lowest BCUT2D eigenvalue weighted by atomic mass is 9.88. The summed E-state index contributed by atoms with van der Waals surface area (Å²) < 4.78 is 10.5. The smallest absolute Gasteiger partial charge is 0.308 e. The monoisotopic (exact) mass is 347 g/mol. The van der Waals surface area contributed by atoms with Crippen molar-refractivity contribution in [3.8, 4) is 5.75 Å². The normalized spacial score (nSPS) is 16.1. The van der Waals surface area contributed by atoms with Crippen molar-refractivity contribution in [1.29, 1.82) is 0 Å². The van der Waals surface area contributed by atoms with Gasteiger partial charge in [-0.05, 0) is 44.4 Å². The Morgan fingerprint density at radius 3 is 2.36 bits per heavy atom. The third-order valence-electron chi connectivity index (χ3n) is 4.56. The van der Waals surface area contributed by atoms with Gasteiger partial charge in [0, 0.05) is 5.92 Å².